The second-order valence-electron chi connectivity index (χ2n) is 5.37. The average molecular weight is 262 g/mol. The van der Waals surface area contributed by atoms with E-state index in [1.165, 1.54) is 0 Å². The molecule has 0 bridgehead atoms. The fourth-order valence-corrected chi connectivity index (χ4v) is 2.58. The Hall–Kier alpha value is -1.55. The zero-order chi connectivity index (χ0) is 13.8. The maximum absolute atomic E-state index is 12.1. The molecule has 0 aliphatic carbocycles. The lowest BCUT2D eigenvalue weighted by Crippen LogP contribution is -2.19. The highest BCUT2D eigenvalue weighted by molar-refractivity contribution is 5.92. The number of likely N-dealkylation sites (tertiary alicyclic amines) is 1. The normalized spacial score (nSPS) is 19.4. The molecule has 0 aromatic heterocycles. The van der Waals surface area contributed by atoms with Crippen LogP contribution in [0, 0.1) is 12.8 Å². The summed E-state index contributed by atoms with van der Waals surface area (Å²) in [5.74, 6) is 1.26. The van der Waals surface area contributed by atoms with Gasteiger partial charge in [-0.3, -0.25) is 4.79 Å². The Morgan fingerprint density at radius 2 is 2.32 bits per heavy atom. The summed E-state index contributed by atoms with van der Waals surface area (Å²) in [6.07, 6.45) is 1.69. The van der Waals surface area contributed by atoms with Crippen molar-refractivity contribution in [1.29, 1.82) is 0 Å². The van der Waals surface area contributed by atoms with Crippen LogP contribution in [0.5, 0.6) is 5.75 Å². The van der Waals surface area contributed by atoms with E-state index in [-0.39, 0.29) is 5.91 Å². The van der Waals surface area contributed by atoms with Crippen LogP contribution in [0.2, 0.25) is 0 Å². The Morgan fingerprint density at radius 3 is 2.95 bits per heavy atom. The molecule has 1 fully saturated rings. The summed E-state index contributed by atoms with van der Waals surface area (Å²) in [6.45, 7) is 4.10. The van der Waals surface area contributed by atoms with Gasteiger partial charge in [-0.05, 0) is 50.6 Å². The third-order valence-electron chi connectivity index (χ3n) is 3.59. The fourth-order valence-electron chi connectivity index (χ4n) is 2.58. The number of amides is 1. The number of aryl methyl sites for hydroxylation is 1. The summed E-state index contributed by atoms with van der Waals surface area (Å²) < 4.78 is 5.27. The maximum Gasteiger partial charge on any atom is 0.224 e. The van der Waals surface area contributed by atoms with E-state index < -0.39 is 0 Å². The molecule has 1 atom stereocenters. The Labute approximate surface area is 114 Å². The number of rotatable bonds is 4. The van der Waals surface area contributed by atoms with Crippen molar-refractivity contribution in [2.75, 3.05) is 32.6 Å². The van der Waals surface area contributed by atoms with Gasteiger partial charge in [0.15, 0.2) is 0 Å². The molecule has 0 radical (unpaired) electrons. The number of benzene rings is 1. The monoisotopic (exact) mass is 262 g/mol. The summed E-state index contributed by atoms with van der Waals surface area (Å²) in [5, 5.41) is 2.96. The molecule has 0 spiro atoms. The van der Waals surface area contributed by atoms with E-state index in [4.69, 9.17) is 4.74 Å². The van der Waals surface area contributed by atoms with Gasteiger partial charge in [-0.15, -0.1) is 0 Å². The molecule has 19 heavy (non-hydrogen) atoms. The van der Waals surface area contributed by atoms with Gasteiger partial charge in [-0.1, -0.05) is 6.07 Å². The van der Waals surface area contributed by atoms with Gasteiger partial charge in [-0.2, -0.15) is 0 Å². The number of anilines is 1. The van der Waals surface area contributed by atoms with Crippen molar-refractivity contribution in [2.24, 2.45) is 5.92 Å². The number of carbonyl (C=O) groups is 1. The second-order valence-corrected chi connectivity index (χ2v) is 5.37. The zero-order valence-corrected chi connectivity index (χ0v) is 11.9. The number of hydrogen-bond acceptors (Lipinski definition) is 3. The van der Waals surface area contributed by atoms with Gasteiger partial charge in [0.2, 0.25) is 5.91 Å². The second kappa shape index (κ2) is 6.06. The molecule has 1 saturated heterocycles. The van der Waals surface area contributed by atoms with Crippen molar-refractivity contribution in [3.05, 3.63) is 23.8 Å². The van der Waals surface area contributed by atoms with Crippen LogP contribution in [0.4, 0.5) is 5.69 Å². The molecule has 4 nitrogen and oxygen atoms in total. The van der Waals surface area contributed by atoms with Crippen LogP contribution in [0.1, 0.15) is 18.4 Å². The van der Waals surface area contributed by atoms with E-state index >= 15 is 0 Å². The van der Waals surface area contributed by atoms with Gasteiger partial charge < -0.3 is 15.0 Å². The van der Waals surface area contributed by atoms with E-state index in [1.54, 1.807) is 7.11 Å². The SMILES string of the molecule is COc1ccc(C)cc1NC(=O)CC1CCN(C)C1. The minimum atomic E-state index is 0.0733. The molecule has 1 aliphatic rings. The maximum atomic E-state index is 12.1. The molecule has 1 aromatic carbocycles. The summed E-state index contributed by atoms with van der Waals surface area (Å²) in [7, 11) is 3.72. The van der Waals surface area contributed by atoms with Gasteiger partial charge in [0, 0.05) is 13.0 Å². The molecule has 2 rings (SSSR count). The highest BCUT2D eigenvalue weighted by atomic mass is 16.5. The number of nitrogens with zero attached hydrogens (tertiary/aromatic N) is 1. The lowest BCUT2D eigenvalue weighted by atomic mass is 10.0. The summed E-state index contributed by atoms with van der Waals surface area (Å²) in [4.78, 5) is 14.3. The third-order valence-corrected chi connectivity index (χ3v) is 3.59. The van der Waals surface area contributed by atoms with Crippen molar-refractivity contribution in [1.82, 2.24) is 4.90 Å². The molecule has 1 unspecified atom stereocenters. The highest BCUT2D eigenvalue weighted by Crippen LogP contribution is 2.26. The predicted molar refractivity (Wildman–Crippen MR) is 76.6 cm³/mol. The van der Waals surface area contributed by atoms with Crippen LogP contribution in [-0.2, 0) is 4.79 Å². The number of hydrogen-bond donors (Lipinski definition) is 1. The van der Waals surface area contributed by atoms with Crippen LogP contribution in [0.3, 0.4) is 0 Å². The van der Waals surface area contributed by atoms with Crippen molar-refractivity contribution in [3.63, 3.8) is 0 Å². The Bertz CT molecular complexity index is 459. The van der Waals surface area contributed by atoms with Gasteiger partial charge in [0.1, 0.15) is 5.75 Å². The average Bonchev–Trinajstić information content (AvgIpc) is 2.75. The molecule has 1 aliphatic heterocycles. The molecular formula is C15H22N2O2. The van der Waals surface area contributed by atoms with Crippen LogP contribution in [0.15, 0.2) is 18.2 Å². The van der Waals surface area contributed by atoms with Crippen molar-refractivity contribution in [3.8, 4) is 5.75 Å². The lowest BCUT2D eigenvalue weighted by molar-refractivity contribution is -0.117. The first-order valence-electron chi connectivity index (χ1n) is 6.71. The Balaban J connectivity index is 1.96. The van der Waals surface area contributed by atoms with Crippen molar-refractivity contribution < 1.29 is 9.53 Å². The van der Waals surface area contributed by atoms with E-state index in [1.807, 2.05) is 25.1 Å². The van der Waals surface area contributed by atoms with Crippen molar-refractivity contribution in [2.45, 2.75) is 19.8 Å². The smallest absolute Gasteiger partial charge is 0.224 e. The van der Waals surface area contributed by atoms with Crippen LogP contribution in [-0.4, -0.2) is 38.1 Å². The molecular weight excluding hydrogens is 240 g/mol. The van der Waals surface area contributed by atoms with E-state index in [9.17, 15) is 4.79 Å². The summed E-state index contributed by atoms with van der Waals surface area (Å²) in [6, 6.07) is 5.80. The first kappa shape index (κ1) is 13.9. The highest BCUT2D eigenvalue weighted by Gasteiger charge is 2.22. The van der Waals surface area contributed by atoms with E-state index in [0.717, 1.165) is 30.8 Å². The van der Waals surface area contributed by atoms with E-state index in [2.05, 4.69) is 17.3 Å². The molecule has 1 amide bonds. The van der Waals surface area contributed by atoms with Gasteiger partial charge in [0.05, 0.1) is 12.8 Å². The standard InChI is InChI=1S/C15H22N2O2/c1-11-4-5-14(19-3)13(8-11)16-15(18)9-12-6-7-17(2)10-12/h4-5,8,12H,6-7,9-10H2,1-3H3,(H,16,18). The van der Waals surface area contributed by atoms with Crippen molar-refractivity contribution >= 4 is 11.6 Å². The molecule has 1 aromatic rings. The molecule has 1 N–H and O–H groups in total. The third kappa shape index (κ3) is 3.70. The van der Waals surface area contributed by atoms with Crippen LogP contribution < -0.4 is 10.1 Å². The molecule has 1 heterocycles. The largest absolute Gasteiger partial charge is 0.495 e. The Kier molecular flexibility index (Phi) is 4.43. The first-order valence-corrected chi connectivity index (χ1v) is 6.71. The lowest BCUT2D eigenvalue weighted by Gasteiger charge is -2.13. The Morgan fingerprint density at radius 1 is 1.53 bits per heavy atom. The quantitative estimate of drug-likeness (QED) is 0.905. The summed E-state index contributed by atoms with van der Waals surface area (Å²) >= 11 is 0. The molecule has 4 heteroatoms. The molecule has 0 saturated carbocycles. The number of carbonyl (C=O) groups excluding carboxylic acids is 1. The molecule has 104 valence electrons. The predicted octanol–water partition coefficient (Wildman–Crippen LogP) is 2.28. The summed E-state index contributed by atoms with van der Waals surface area (Å²) in [5.41, 5.74) is 1.87. The number of nitrogens with one attached hydrogen (secondary N) is 1. The first-order chi connectivity index (χ1) is 9.08. The number of methoxy groups -OCH3 is 1. The fraction of sp³-hybridized carbons (Fsp3) is 0.533. The topological polar surface area (TPSA) is 41.6 Å². The van der Waals surface area contributed by atoms with Crippen LogP contribution >= 0.6 is 0 Å². The zero-order valence-electron chi connectivity index (χ0n) is 11.9. The number of ether oxygens (including phenoxy) is 1. The van der Waals surface area contributed by atoms with Gasteiger partial charge in [0.25, 0.3) is 0 Å². The van der Waals surface area contributed by atoms with Gasteiger partial charge >= 0.3 is 0 Å². The van der Waals surface area contributed by atoms with Gasteiger partial charge in [-0.25, -0.2) is 0 Å². The van der Waals surface area contributed by atoms with Crippen LogP contribution in [0.25, 0.3) is 0 Å². The van der Waals surface area contributed by atoms with E-state index in [0.29, 0.717) is 18.1 Å². The minimum absolute atomic E-state index is 0.0733. The minimum Gasteiger partial charge on any atom is -0.495 e.